The summed E-state index contributed by atoms with van der Waals surface area (Å²) < 4.78 is 22.3. The van der Waals surface area contributed by atoms with Crippen molar-refractivity contribution in [3.8, 4) is 23.0 Å². The first-order valence-corrected chi connectivity index (χ1v) is 6.61. The van der Waals surface area contributed by atoms with E-state index in [2.05, 4.69) is 0 Å². The summed E-state index contributed by atoms with van der Waals surface area (Å²) in [6.45, 7) is 1.42. The minimum absolute atomic E-state index is 0.167. The van der Waals surface area contributed by atoms with Crippen LogP contribution in [0.15, 0.2) is 48.5 Å². The van der Waals surface area contributed by atoms with Crippen LogP contribution in [0.3, 0.4) is 0 Å². The first kappa shape index (κ1) is 12.7. The van der Waals surface area contributed by atoms with Crippen molar-refractivity contribution >= 4 is 0 Å². The van der Waals surface area contributed by atoms with Crippen LogP contribution in [0.1, 0.15) is 6.42 Å². The molecular formula is C16H16O4. The largest absolute Gasteiger partial charge is 0.493 e. The van der Waals surface area contributed by atoms with E-state index in [1.165, 1.54) is 0 Å². The third-order valence-corrected chi connectivity index (χ3v) is 2.92. The Morgan fingerprint density at radius 3 is 1.25 bits per heavy atom. The van der Waals surface area contributed by atoms with Crippen molar-refractivity contribution < 1.29 is 18.9 Å². The SMILES string of the molecule is c1cc2ccc1OCCCOc1ccc(cc1)OCO2. The lowest BCUT2D eigenvalue weighted by atomic mass is 10.3. The molecule has 4 nitrogen and oxygen atoms in total. The van der Waals surface area contributed by atoms with Crippen molar-refractivity contribution in [1.29, 1.82) is 0 Å². The molecule has 0 atom stereocenters. The average molecular weight is 272 g/mol. The summed E-state index contributed by atoms with van der Waals surface area (Å²) >= 11 is 0. The minimum atomic E-state index is 0.167. The summed E-state index contributed by atoms with van der Waals surface area (Å²) in [5, 5.41) is 0. The highest BCUT2D eigenvalue weighted by atomic mass is 16.7. The third-order valence-electron chi connectivity index (χ3n) is 2.92. The molecule has 4 heterocycles. The summed E-state index contributed by atoms with van der Waals surface area (Å²) in [6.07, 6.45) is 0.830. The van der Waals surface area contributed by atoms with Crippen molar-refractivity contribution in [2.75, 3.05) is 20.0 Å². The predicted octanol–water partition coefficient (Wildman–Crippen LogP) is 3.26. The normalized spacial score (nSPS) is 14.8. The van der Waals surface area contributed by atoms with Gasteiger partial charge in [-0.2, -0.15) is 0 Å². The van der Waals surface area contributed by atoms with Gasteiger partial charge in [-0.1, -0.05) is 0 Å². The number of hydrogen-bond acceptors (Lipinski definition) is 4. The summed E-state index contributed by atoms with van der Waals surface area (Å²) in [4.78, 5) is 0. The van der Waals surface area contributed by atoms with Gasteiger partial charge in [0.2, 0.25) is 6.79 Å². The summed E-state index contributed by atoms with van der Waals surface area (Å²) in [5.74, 6) is 3.16. The fourth-order valence-electron chi connectivity index (χ4n) is 1.87. The zero-order valence-electron chi connectivity index (χ0n) is 11.1. The van der Waals surface area contributed by atoms with E-state index in [0.717, 1.165) is 29.4 Å². The average Bonchev–Trinajstić information content (AvgIpc) is 2.48. The van der Waals surface area contributed by atoms with Gasteiger partial charge in [0.1, 0.15) is 23.0 Å². The molecule has 4 bridgehead atoms. The highest BCUT2D eigenvalue weighted by Gasteiger charge is 2.01. The van der Waals surface area contributed by atoms with Crippen LogP contribution < -0.4 is 18.9 Å². The van der Waals surface area contributed by atoms with Crippen molar-refractivity contribution in [2.24, 2.45) is 0 Å². The van der Waals surface area contributed by atoms with E-state index in [1.54, 1.807) is 0 Å². The molecule has 0 aliphatic carbocycles. The molecule has 0 saturated carbocycles. The number of hydrogen-bond donors (Lipinski definition) is 0. The molecule has 0 fully saturated rings. The van der Waals surface area contributed by atoms with Crippen LogP contribution in [0.5, 0.6) is 23.0 Å². The van der Waals surface area contributed by atoms with Gasteiger partial charge in [0.25, 0.3) is 0 Å². The second-order valence-electron chi connectivity index (χ2n) is 4.40. The van der Waals surface area contributed by atoms with E-state index in [9.17, 15) is 0 Å². The Hall–Kier alpha value is -2.36. The van der Waals surface area contributed by atoms with Gasteiger partial charge in [-0.05, 0) is 48.5 Å². The standard InChI is InChI=1S/C16H16O4/c1-10-17-13-2-6-15(7-3-13)19-12-20-16-8-4-14(5-9-16)18-11-1/h2-9H,1,10-12H2. The van der Waals surface area contributed by atoms with Gasteiger partial charge in [-0.3, -0.25) is 0 Å². The monoisotopic (exact) mass is 272 g/mol. The highest BCUT2D eigenvalue weighted by Crippen LogP contribution is 2.20. The van der Waals surface area contributed by atoms with Crippen LogP contribution in [0.25, 0.3) is 0 Å². The van der Waals surface area contributed by atoms with Gasteiger partial charge in [0, 0.05) is 6.42 Å². The lowest BCUT2D eigenvalue weighted by Crippen LogP contribution is -2.07. The Morgan fingerprint density at radius 2 is 0.850 bits per heavy atom. The van der Waals surface area contributed by atoms with Crippen LogP contribution in [-0.4, -0.2) is 20.0 Å². The third kappa shape index (κ3) is 3.35. The van der Waals surface area contributed by atoms with Crippen molar-refractivity contribution in [1.82, 2.24) is 0 Å². The number of benzene rings is 2. The van der Waals surface area contributed by atoms with E-state index in [1.807, 2.05) is 48.5 Å². The lowest BCUT2D eigenvalue weighted by Gasteiger charge is -2.12. The molecule has 104 valence electrons. The van der Waals surface area contributed by atoms with Gasteiger partial charge >= 0.3 is 0 Å². The van der Waals surface area contributed by atoms with Crippen LogP contribution >= 0.6 is 0 Å². The maximum absolute atomic E-state index is 5.62. The fraction of sp³-hybridized carbons (Fsp3) is 0.250. The Kier molecular flexibility index (Phi) is 3.92. The van der Waals surface area contributed by atoms with Gasteiger partial charge in [-0.25, -0.2) is 0 Å². The molecule has 0 radical (unpaired) electrons. The molecule has 2 aromatic rings. The van der Waals surface area contributed by atoms with Crippen molar-refractivity contribution in [3.63, 3.8) is 0 Å². The molecule has 0 unspecified atom stereocenters. The number of rotatable bonds is 0. The first-order valence-electron chi connectivity index (χ1n) is 6.61. The molecule has 0 N–H and O–H groups in total. The summed E-state index contributed by atoms with van der Waals surface area (Å²) in [7, 11) is 0. The van der Waals surface area contributed by atoms with E-state index in [0.29, 0.717) is 13.2 Å². The van der Waals surface area contributed by atoms with Gasteiger partial charge in [0.15, 0.2) is 0 Å². The van der Waals surface area contributed by atoms with Gasteiger partial charge < -0.3 is 18.9 Å². The molecule has 4 aliphatic heterocycles. The molecule has 4 heteroatoms. The zero-order valence-corrected chi connectivity index (χ0v) is 11.1. The van der Waals surface area contributed by atoms with Crippen LogP contribution in [0.4, 0.5) is 0 Å². The van der Waals surface area contributed by atoms with E-state index in [4.69, 9.17) is 18.9 Å². The second kappa shape index (κ2) is 6.19. The molecule has 2 aromatic carbocycles. The Bertz CT molecular complexity index is 484. The maximum atomic E-state index is 5.62. The quantitative estimate of drug-likeness (QED) is 0.737. The smallest absolute Gasteiger partial charge is 0.230 e. The molecule has 0 amide bonds. The van der Waals surface area contributed by atoms with Gasteiger partial charge in [0.05, 0.1) is 13.2 Å². The maximum Gasteiger partial charge on any atom is 0.230 e. The molecule has 20 heavy (non-hydrogen) atoms. The summed E-state index contributed by atoms with van der Waals surface area (Å²) in [5.41, 5.74) is 0. The van der Waals surface area contributed by atoms with Crippen molar-refractivity contribution in [3.05, 3.63) is 48.5 Å². The first-order chi connectivity index (χ1) is 9.90. The Labute approximate surface area is 117 Å². The molecule has 0 spiro atoms. The molecule has 0 saturated heterocycles. The van der Waals surface area contributed by atoms with Crippen LogP contribution in [-0.2, 0) is 0 Å². The Morgan fingerprint density at radius 1 is 0.500 bits per heavy atom. The fourth-order valence-corrected chi connectivity index (χ4v) is 1.87. The molecule has 4 aliphatic rings. The number of ether oxygens (including phenoxy) is 4. The lowest BCUT2D eigenvalue weighted by molar-refractivity contribution is 0.119. The molecular weight excluding hydrogens is 256 g/mol. The second-order valence-corrected chi connectivity index (χ2v) is 4.40. The Balaban J connectivity index is 1.72. The van der Waals surface area contributed by atoms with Crippen LogP contribution in [0, 0.1) is 0 Å². The predicted molar refractivity (Wildman–Crippen MR) is 74.6 cm³/mol. The van der Waals surface area contributed by atoms with E-state index >= 15 is 0 Å². The topological polar surface area (TPSA) is 36.9 Å². The minimum Gasteiger partial charge on any atom is -0.493 e. The van der Waals surface area contributed by atoms with E-state index in [-0.39, 0.29) is 6.79 Å². The summed E-state index contributed by atoms with van der Waals surface area (Å²) in [6, 6.07) is 15.0. The molecule has 6 rings (SSSR count). The van der Waals surface area contributed by atoms with Crippen LogP contribution in [0.2, 0.25) is 0 Å². The van der Waals surface area contributed by atoms with Crippen molar-refractivity contribution in [2.45, 2.75) is 6.42 Å². The van der Waals surface area contributed by atoms with Gasteiger partial charge in [-0.15, -0.1) is 0 Å². The van der Waals surface area contributed by atoms with E-state index < -0.39 is 0 Å². The zero-order chi connectivity index (χ0) is 13.6. The highest BCUT2D eigenvalue weighted by molar-refractivity contribution is 5.32. The molecule has 0 aromatic heterocycles.